The van der Waals surface area contributed by atoms with E-state index in [0.29, 0.717) is 17.7 Å². The number of aromatic nitrogens is 1. The Morgan fingerprint density at radius 3 is 2.61 bits per heavy atom. The summed E-state index contributed by atoms with van der Waals surface area (Å²) in [4.78, 5) is 6.42. The van der Waals surface area contributed by atoms with E-state index in [0.717, 1.165) is 12.2 Å². The summed E-state index contributed by atoms with van der Waals surface area (Å²) in [6.45, 7) is 9.45. The number of oxime groups is 1. The van der Waals surface area contributed by atoms with Crippen LogP contribution in [0.5, 0.6) is 0 Å². The maximum Gasteiger partial charge on any atom is 0.190 e. The normalized spacial score (nSPS) is 12.2. The third kappa shape index (κ3) is 3.35. The van der Waals surface area contributed by atoms with E-state index in [2.05, 4.69) is 42.7 Å². The first kappa shape index (κ1) is 14.3. The highest BCUT2D eigenvalue weighted by molar-refractivity contribution is 6.00. The van der Waals surface area contributed by atoms with Crippen molar-refractivity contribution in [3.8, 4) is 0 Å². The van der Waals surface area contributed by atoms with E-state index in [1.54, 1.807) is 6.20 Å². The van der Waals surface area contributed by atoms with Crippen LogP contribution >= 0.6 is 0 Å². The first-order valence-electron chi connectivity index (χ1n) is 6.17. The number of nitrogens with two attached hydrogens (primary N) is 1. The molecule has 0 unspecified atom stereocenters. The molecule has 0 aliphatic rings. The molecule has 0 aliphatic heterocycles. The van der Waals surface area contributed by atoms with E-state index in [1.165, 1.54) is 0 Å². The summed E-state index contributed by atoms with van der Waals surface area (Å²) in [5, 5.41) is 11.9. The van der Waals surface area contributed by atoms with Gasteiger partial charge >= 0.3 is 0 Å². The van der Waals surface area contributed by atoms with Crippen LogP contribution < -0.4 is 10.6 Å². The molecule has 0 saturated heterocycles. The fourth-order valence-electron chi connectivity index (χ4n) is 1.85. The SMILES string of the molecule is CC(C)CN(c1cccnc1/C(N)=N/O)C(C)C. The molecule has 0 spiro atoms. The highest BCUT2D eigenvalue weighted by Crippen LogP contribution is 2.21. The molecular weight excluding hydrogens is 228 g/mol. The molecule has 0 amide bonds. The van der Waals surface area contributed by atoms with Crippen molar-refractivity contribution >= 4 is 11.5 Å². The van der Waals surface area contributed by atoms with Crippen LogP contribution in [-0.2, 0) is 0 Å². The Hall–Kier alpha value is -1.78. The van der Waals surface area contributed by atoms with Crippen LogP contribution in [0.15, 0.2) is 23.5 Å². The maximum atomic E-state index is 8.82. The second-order valence-electron chi connectivity index (χ2n) is 5.00. The lowest BCUT2D eigenvalue weighted by molar-refractivity contribution is 0.318. The van der Waals surface area contributed by atoms with Crippen molar-refractivity contribution in [3.05, 3.63) is 24.0 Å². The number of hydrogen-bond acceptors (Lipinski definition) is 4. The number of pyridine rings is 1. The van der Waals surface area contributed by atoms with Gasteiger partial charge in [0.25, 0.3) is 0 Å². The van der Waals surface area contributed by atoms with Crippen LogP contribution in [0.3, 0.4) is 0 Å². The van der Waals surface area contributed by atoms with Gasteiger partial charge in [0.1, 0.15) is 5.69 Å². The van der Waals surface area contributed by atoms with Crippen LogP contribution in [0.25, 0.3) is 0 Å². The number of hydrogen-bond donors (Lipinski definition) is 2. The van der Waals surface area contributed by atoms with Crippen molar-refractivity contribution in [2.45, 2.75) is 33.7 Å². The maximum absolute atomic E-state index is 8.82. The lowest BCUT2D eigenvalue weighted by atomic mass is 10.1. The zero-order valence-corrected chi connectivity index (χ0v) is 11.5. The predicted molar refractivity (Wildman–Crippen MR) is 74.1 cm³/mol. The Balaban J connectivity index is 3.19. The summed E-state index contributed by atoms with van der Waals surface area (Å²) >= 11 is 0. The third-order valence-corrected chi connectivity index (χ3v) is 2.63. The second-order valence-corrected chi connectivity index (χ2v) is 5.00. The summed E-state index contributed by atoms with van der Waals surface area (Å²) in [5.74, 6) is 0.563. The number of rotatable bonds is 5. The molecular formula is C13H22N4O. The van der Waals surface area contributed by atoms with Gasteiger partial charge in [-0.15, -0.1) is 0 Å². The molecule has 0 fully saturated rings. The van der Waals surface area contributed by atoms with Crippen molar-refractivity contribution in [1.82, 2.24) is 4.98 Å². The first-order chi connectivity index (χ1) is 8.47. The number of anilines is 1. The van der Waals surface area contributed by atoms with Crippen molar-refractivity contribution in [1.29, 1.82) is 0 Å². The molecule has 1 aromatic heterocycles. The minimum Gasteiger partial charge on any atom is -0.409 e. The standard InChI is InChI=1S/C13H22N4O/c1-9(2)8-17(10(3)4)11-6-5-7-15-12(11)13(14)16-18/h5-7,9-10,18H,8H2,1-4H3,(H2,14,16). The Bertz CT molecular complexity index is 415. The summed E-state index contributed by atoms with van der Waals surface area (Å²) < 4.78 is 0. The summed E-state index contributed by atoms with van der Waals surface area (Å²) in [7, 11) is 0. The molecule has 0 saturated carbocycles. The van der Waals surface area contributed by atoms with Crippen LogP contribution in [0.1, 0.15) is 33.4 Å². The molecule has 0 aliphatic carbocycles. The van der Waals surface area contributed by atoms with Gasteiger partial charge in [-0.2, -0.15) is 0 Å². The van der Waals surface area contributed by atoms with Gasteiger partial charge in [0.15, 0.2) is 5.84 Å². The third-order valence-electron chi connectivity index (χ3n) is 2.63. The van der Waals surface area contributed by atoms with Crippen LogP contribution in [0, 0.1) is 5.92 Å². The molecule has 1 rings (SSSR count). The fraction of sp³-hybridized carbons (Fsp3) is 0.538. The fourth-order valence-corrected chi connectivity index (χ4v) is 1.85. The topological polar surface area (TPSA) is 74.7 Å². The van der Waals surface area contributed by atoms with Crippen molar-refractivity contribution in [2.75, 3.05) is 11.4 Å². The largest absolute Gasteiger partial charge is 0.409 e. The summed E-state index contributed by atoms with van der Waals surface area (Å²) in [5.41, 5.74) is 7.10. The van der Waals surface area contributed by atoms with E-state index in [4.69, 9.17) is 10.9 Å². The summed E-state index contributed by atoms with van der Waals surface area (Å²) in [6, 6.07) is 4.13. The van der Waals surface area contributed by atoms with Crippen molar-refractivity contribution < 1.29 is 5.21 Å². The van der Waals surface area contributed by atoms with Crippen molar-refractivity contribution in [3.63, 3.8) is 0 Å². The minimum atomic E-state index is 0.0417. The number of nitrogens with zero attached hydrogens (tertiary/aromatic N) is 3. The molecule has 0 aromatic carbocycles. The molecule has 0 atom stereocenters. The van der Waals surface area contributed by atoms with Gasteiger partial charge in [-0.1, -0.05) is 19.0 Å². The average Bonchev–Trinajstić information content (AvgIpc) is 2.34. The van der Waals surface area contributed by atoms with Gasteiger partial charge in [-0.05, 0) is 31.9 Å². The average molecular weight is 250 g/mol. The second kappa shape index (κ2) is 6.23. The van der Waals surface area contributed by atoms with Gasteiger partial charge in [-0.25, -0.2) is 0 Å². The molecule has 1 aromatic rings. The molecule has 1 heterocycles. The van der Waals surface area contributed by atoms with E-state index in [-0.39, 0.29) is 5.84 Å². The van der Waals surface area contributed by atoms with Crippen LogP contribution in [-0.4, -0.2) is 28.6 Å². The molecule has 5 heteroatoms. The zero-order valence-electron chi connectivity index (χ0n) is 11.5. The van der Waals surface area contributed by atoms with Gasteiger partial charge in [-0.3, -0.25) is 4.98 Å². The lowest BCUT2D eigenvalue weighted by Gasteiger charge is -2.31. The Morgan fingerprint density at radius 2 is 2.11 bits per heavy atom. The summed E-state index contributed by atoms with van der Waals surface area (Å²) in [6.07, 6.45) is 1.64. The quantitative estimate of drug-likeness (QED) is 0.363. The van der Waals surface area contributed by atoms with Crippen molar-refractivity contribution in [2.24, 2.45) is 16.8 Å². The zero-order chi connectivity index (χ0) is 13.7. The molecule has 18 heavy (non-hydrogen) atoms. The molecule has 100 valence electrons. The van der Waals surface area contributed by atoms with Gasteiger partial charge in [0, 0.05) is 18.8 Å². The van der Waals surface area contributed by atoms with Crippen LogP contribution in [0.2, 0.25) is 0 Å². The predicted octanol–water partition coefficient (Wildman–Crippen LogP) is 2.05. The Labute approximate surface area is 108 Å². The lowest BCUT2D eigenvalue weighted by Crippen LogP contribution is -2.36. The van der Waals surface area contributed by atoms with Gasteiger partial charge in [0.2, 0.25) is 0 Å². The number of amidine groups is 1. The van der Waals surface area contributed by atoms with Gasteiger partial charge < -0.3 is 15.8 Å². The highest BCUT2D eigenvalue weighted by Gasteiger charge is 2.18. The Kier molecular flexibility index (Phi) is 4.95. The van der Waals surface area contributed by atoms with E-state index in [9.17, 15) is 0 Å². The Morgan fingerprint density at radius 1 is 1.44 bits per heavy atom. The van der Waals surface area contributed by atoms with Gasteiger partial charge in [0.05, 0.1) is 5.69 Å². The molecule has 5 nitrogen and oxygen atoms in total. The molecule has 0 radical (unpaired) electrons. The smallest absolute Gasteiger partial charge is 0.190 e. The molecule has 3 N–H and O–H groups in total. The highest BCUT2D eigenvalue weighted by atomic mass is 16.4. The monoisotopic (exact) mass is 250 g/mol. The first-order valence-corrected chi connectivity index (χ1v) is 6.17. The minimum absolute atomic E-state index is 0.0417. The van der Waals surface area contributed by atoms with E-state index >= 15 is 0 Å². The van der Waals surface area contributed by atoms with E-state index < -0.39 is 0 Å². The molecule has 0 bridgehead atoms. The van der Waals surface area contributed by atoms with Crippen LogP contribution in [0.4, 0.5) is 5.69 Å². The van der Waals surface area contributed by atoms with E-state index in [1.807, 2.05) is 12.1 Å².